The summed E-state index contributed by atoms with van der Waals surface area (Å²) in [5.41, 5.74) is 0.813. The van der Waals surface area contributed by atoms with Crippen molar-refractivity contribution < 1.29 is 4.74 Å². The van der Waals surface area contributed by atoms with Gasteiger partial charge in [-0.25, -0.2) is 9.97 Å². The second kappa shape index (κ2) is 4.27. The van der Waals surface area contributed by atoms with E-state index in [2.05, 4.69) is 27.4 Å². The van der Waals surface area contributed by atoms with Crippen molar-refractivity contribution in [2.24, 2.45) is 0 Å². The van der Waals surface area contributed by atoms with Crippen LogP contribution in [-0.4, -0.2) is 28.2 Å². The maximum Gasteiger partial charge on any atom is 0.221 e. The van der Waals surface area contributed by atoms with Crippen molar-refractivity contribution >= 4 is 11.6 Å². The molecule has 0 amide bonds. The third kappa shape index (κ3) is 2.15. The van der Waals surface area contributed by atoms with Crippen molar-refractivity contribution in [1.29, 1.82) is 0 Å². The highest BCUT2D eigenvalue weighted by Gasteiger charge is 2.31. The summed E-state index contributed by atoms with van der Waals surface area (Å²) in [7, 11) is 0. The zero-order valence-corrected chi connectivity index (χ0v) is 10.3. The summed E-state index contributed by atoms with van der Waals surface area (Å²) in [6.45, 7) is 1.88. The SMILES string of the molecule is Cc1c(Cl)ncnc1O[C@H]1CC2C=C[C@@H](C1)N2. The van der Waals surface area contributed by atoms with Gasteiger partial charge in [0, 0.05) is 30.5 Å². The Morgan fingerprint density at radius 1 is 1.29 bits per heavy atom. The Balaban J connectivity index is 1.73. The van der Waals surface area contributed by atoms with Crippen molar-refractivity contribution in [3.8, 4) is 5.88 Å². The fourth-order valence-corrected chi connectivity index (χ4v) is 2.52. The molecule has 2 aliphatic rings. The molecule has 0 aliphatic carbocycles. The Hall–Kier alpha value is -1.13. The number of ether oxygens (including phenoxy) is 1. The van der Waals surface area contributed by atoms with E-state index in [0.29, 0.717) is 23.1 Å². The van der Waals surface area contributed by atoms with Crippen LogP contribution in [0.1, 0.15) is 18.4 Å². The molecular formula is C12H14ClN3O. The van der Waals surface area contributed by atoms with Crippen molar-refractivity contribution in [2.45, 2.75) is 38.0 Å². The Labute approximate surface area is 105 Å². The molecule has 0 spiro atoms. The predicted octanol–water partition coefficient (Wildman–Crippen LogP) is 1.88. The lowest BCUT2D eigenvalue weighted by atomic mass is 10.0. The quantitative estimate of drug-likeness (QED) is 0.644. The molecule has 0 aromatic carbocycles. The fraction of sp³-hybridized carbons (Fsp3) is 0.500. The first kappa shape index (κ1) is 11.0. The van der Waals surface area contributed by atoms with Crippen molar-refractivity contribution in [1.82, 2.24) is 15.3 Å². The molecule has 1 N–H and O–H groups in total. The van der Waals surface area contributed by atoms with Crippen LogP contribution >= 0.6 is 11.6 Å². The van der Waals surface area contributed by atoms with Gasteiger partial charge in [-0.3, -0.25) is 0 Å². The molecule has 17 heavy (non-hydrogen) atoms. The third-order valence-electron chi connectivity index (χ3n) is 3.29. The molecule has 1 aromatic heterocycles. The fourth-order valence-electron chi connectivity index (χ4n) is 2.40. The van der Waals surface area contributed by atoms with Crippen LogP contribution in [0.4, 0.5) is 0 Å². The van der Waals surface area contributed by atoms with Crippen molar-refractivity contribution in [2.75, 3.05) is 0 Å². The van der Waals surface area contributed by atoms with Gasteiger partial charge in [0.1, 0.15) is 17.6 Å². The molecule has 1 unspecified atom stereocenters. The largest absolute Gasteiger partial charge is 0.474 e. The lowest BCUT2D eigenvalue weighted by Gasteiger charge is -2.29. The van der Waals surface area contributed by atoms with Crippen LogP contribution in [-0.2, 0) is 0 Å². The van der Waals surface area contributed by atoms with E-state index in [-0.39, 0.29) is 6.10 Å². The molecular weight excluding hydrogens is 238 g/mol. The van der Waals surface area contributed by atoms with E-state index in [0.717, 1.165) is 18.4 Å². The van der Waals surface area contributed by atoms with Gasteiger partial charge in [-0.2, -0.15) is 0 Å². The van der Waals surface area contributed by atoms with Gasteiger partial charge in [0.25, 0.3) is 0 Å². The topological polar surface area (TPSA) is 47.0 Å². The zero-order valence-electron chi connectivity index (χ0n) is 9.56. The predicted molar refractivity (Wildman–Crippen MR) is 65.3 cm³/mol. The van der Waals surface area contributed by atoms with Gasteiger partial charge in [0.15, 0.2) is 0 Å². The van der Waals surface area contributed by atoms with Crippen LogP contribution in [0.25, 0.3) is 0 Å². The van der Waals surface area contributed by atoms with Crippen LogP contribution in [0.15, 0.2) is 18.5 Å². The van der Waals surface area contributed by atoms with Crippen molar-refractivity contribution in [3.63, 3.8) is 0 Å². The van der Waals surface area contributed by atoms with Gasteiger partial charge in [-0.1, -0.05) is 23.8 Å². The molecule has 2 bridgehead atoms. The summed E-state index contributed by atoms with van der Waals surface area (Å²) in [6, 6.07) is 0.882. The van der Waals surface area contributed by atoms with E-state index >= 15 is 0 Å². The Morgan fingerprint density at radius 2 is 2.00 bits per heavy atom. The van der Waals surface area contributed by atoms with E-state index < -0.39 is 0 Å². The first-order valence-corrected chi connectivity index (χ1v) is 6.18. The molecule has 1 aromatic rings. The van der Waals surface area contributed by atoms with Gasteiger partial charge in [0.05, 0.1) is 0 Å². The van der Waals surface area contributed by atoms with Crippen LogP contribution in [0.5, 0.6) is 5.88 Å². The van der Waals surface area contributed by atoms with Crippen LogP contribution < -0.4 is 10.1 Å². The summed E-state index contributed by atoms with van der Waals surface area (Å²) in [4.78, 5) is 8.07. The van der Waals surface area contributed by atoms with Gasteiger partial charge < -0.3 is 10.1 Å². The van der Waals surface area contributed by atoms with E-state index in [9.17, 15) is 0 Å². The Bertz CT molecular complexity index is 449. The van der Waals surface area contributed by atoms with Gasteiger partial charge in [-0.05, 0) is 6.92 Å². The van der Waals surface area contributed by atoms with Crippen LogP contribution in [0.3, 0.4) is 0 Å². The minimum Gasteiger partial charge on any atom is -0.474 e. The molecule has 3 rings (SSSR count). The van der Waals surface area contributed by atoms with Gasteiger partial charge >= 0.3 is 0 Å². The van der Waals surface area contributed by atoms with Crippen molar-refractivity contribution in [3.05, 3.63) is 29.2 Å². The van der Waals surface area contributed by atoms with Gasteiger partial charge in [0.2, 0.25) is 5.88 Å². The summed E-state index contributed by atoms with van der Waals surface area (Å²) < 4.78 is 5.93. The standard InChI is InChI=1S/C12H14ClN3O/c1-7-11(13)14-6-15-12(7)17-10-4-8-2-3-9(5-10)16-8/h2-3,6,8-10,16H,4-5H2,1H3/t8-,9?,10+/m0/s1. The molecule has 2 aliphatic heterocycles. The molecule has 4 nitrogen and oxygen atoms in total. The number of hydrogen-bond acceptors (Lipinski definition) is 4. The smallest absolute Gasteiger partial charge is 0.221 e. The lowest BCUT2D eigenvalue weighted by molar-refractivity contribution is 0.135. The van der Waals surface area contributed by atoms with E-state index in [1.807, 2.05) is 6.92 Å². The first-order chi connectivity index (χ1) is 8.22. The molecule has 0 saturated carbocycles. The number of fused-ring (bicyclic) bond motifs is 2. The number of piperidine rings is 1. The maximum absolute atomic E-state index is 5.95. The minimum absolute atomic E-state index is 0.200. The second-order valence-corrected chi connectivity index (χ2v) is 4.93. The molecule has 3 heterocycles. The summed E-state index contributed by atoms with van der Waals surface area (Å²) in [5.74, 6) is 0.608. The monoisotopic (exact) mass is 251 g/mol. The number of nitrogens with zero attached hydrogens (tertiary/aromatic N) is 2. The number of halogens is 1. The zero-order chi connectivity index (χ0) is 11.8. The highest BCUT2D eigenvalue weighted by atomic mass is 35.5. The molecule has 1 fully saturated rings. The Kier molecular flexibility index (Phi) is 2.76. The van der Waals surface area contributed by atoms with Gasteiger partial charge in [-0.15, -0.1) is 0 Å². The van der Waals surface area contributed by atoms with E-state index in [4.69, 9.17) is 16.3 Å². The average Bonchev–Trinajstić information content (AvgIpc) is 2.65. The minimum atomic E-state index is 0.200. The molecule has 90 valence electrons. The number of nitrogens with one attached hydrogen (secondary N) is 1. The summed E-state index contributed by atoms with van der Waals surface area (Å²) >= 11 is 5.95. The molecule has 0 radical (unpaired) electrons. The average molecular weight is 252 g/mol. The third-order valence-corrected chi connectivity index (χ3v) is 3.67. The second-order valence-electron chi connectivity index (χ2n) is 4.57. The van der Waals surface area contributed by atoms with Crippen LogP contribution in [0, 0.1) is 6.92 Å². The first-order valence-electron chi connectivity index (χ1n) is 5.80. The highest BCUT2D eigenvalue weighted by molar-refractivity contribution is 6.30. The van der Waals surface area contributed by atoms with Crippen LogP contribution in [0.2, 0.25) is 5.15 Å². The number of aromatic nitrogens is 2. The molecule has 5 heteroatoms. The number of hydrogen-bond donors (Lipinski definition) is 1. The highest BCUT2D eigenvalue weighted by Crippen LogP contribution is 2.27. The number of rotatable bonds is 2. The lowest BCUT2D eigenvalue weighted by Crippen LogP contribution is -2.43. The van der Waals surface area contributed by atoms with E-state index in [1.54, 1.807) is 0 Å². The maximum atomic E-state index is 5.95. The van der Waals surface area contributed by atoms with E-state index in [1.165, 1.54) is 6.33 Å². The normalized spacial score (nSPS) is 30.6. The summed E-state index contributed by atoms with van der Waals surface area (Å²) in [6.07, 6.45) is 8.04. The molecule has 1 saturated heterocycles. The Morgan fingerprint density at radius 3 is 2.71 bits per heavy atom. The molecule has 3 atom stereocenters. The summed E-state index contributed by atoms with van der Waals surface area (Å²) in [5, 5.41) is 3.95.